The molecular formula is C14H16F2N4O2. The molecule has 1 fully saturated rings. The van der Waals surface area contributed by atoms with E-state index >= 15 is 0 Å². The van der Waals surface area contributed by atoms with Gasteiger partial charge >= 0.3 is 6.03 Å². The van der Waals surface area contributed by atoms with Gasteiger partial charge in [-0.1, -0.05) is 0 Å². The van der Waals surface area contributed by atoms with Crippen LogP contribution >= 0.6 is 0 Å². The zero-order valence-corrected chi connectivity index (χ0v) is 12.1. The SMILES string of the molecule is Cc1cc(NC(=O)N2CCOCC(F)(F)C2)cn2ccnc12. The molecule has 2 aromatic heterocycles. The number of fused-ring (bicyclic) bond motifs is 1. The minimum atomic E-state index is -3.03. The number of nitrogens with zero attached hydrogens (tertiary/aromatic N) is 3. The third-order valence-electron chi connectivity index (χ3n) is 3.45. The first-order valence-corrected chi connectivity index (χ1v) is 6.89. The zero-order valence-electron chi connectivity index (χ0n) is 12.1. The van der Waals surface area contributed by atoms with Crippen molar-refractivity contribution in [2.75, 3.05) is 31.6 Å². The van der Waals surface area contributed by atoms with Gasteiger partial charge in [0.15, 0.2) is 0 Å². The molecule has 0 spiro atoms. The maximum atomic E-state index is 13.5. The van der Waals surface area contributed by atoms with Gasteiger partial charge in [0.05, 0.1) is 18.8 Å². The Morgan fingerprint density at radius 2 is 2.32 bits per heavy atom. The predicted octanol–water partition coefficient (Wildman–Crippen LogP) is 2.14. The molecule has 0 bridgehead atoms. The number of aryl methyl sites for hydroxylation is 1. The molecule has 1 N–H and O–H groups in total. The van der Waals surface area contributed by atoms with Crippen LogP contribution in [0.4, 0.5) is 19.3 Å². The number of urea groups is 1. The number of anilines is 1. The molecule has 0 aliphatic carbocycles. The Kier molecular flexibility index (Phi) is 3.69. The fourth-order valence-electron chi connectivity index (χ4n) is 2.45. The van der Waals surface area contributed by atoms with Crippen LogP contribution in [0.5, 0.6) is 0 Å². The summed E-state index contributed by atoms with van der Waals surface area (Å²) in [6, 6.07) is 1.19. The van der Waals surface area contributed by atoms with Crippen molar-refractivity contribution >= 4 is 17.4 Å². The number of carbonyl (C=O) groups excluding carboxylic acids is 1. The minimum Gasteiger partial charge on any atom is -0.373 e. The number of nitrogens with one attached hydrogen (secondary N) is 1. The lowest BCUT2D eigenvalue weighted by atomic mass is 10.2. The topological polar surface area (TPSA) is 58.9 Å². The Labute approximate surface area is 125 Å². The number of amides is 2. The summed E-state index contributed by atoms with van der Waals surface area (Å²) in [4.78, 5) is 17.4. The van der Waals surface area contributed by atoms with Gasteiger partial charge in [0.2, 0.25) is 0 Å². The highest BCUT2D eigenvalue weighted by Gasteiger charge is 2.36. The Bertz CT molecular complexity index is 701. The molecular weight excluding hydrogens is 294 g/mol. The minimum absolute atomic E-state index is 0.0998. The molecule has 0 saturated carbocycles. The molecule has 0 aromatic carbocycles. The Hall–Kier alpha value is -2.22. The lowest BCUT2D eigenvalue weighted by Crippen LogP contribution is -2.43. The van der Waals surface area contributed by atoms with Crippen molar-refractivity contribution in [2.45, 2.75) is 12.8 Å². The van der Waals surface area contributed by atoms with E-state index in [1.54, 1.807) is 29.1 Å². The van der Waals surface area contributed by atoms with E-state index in [9.17, 15) is 13.6 Å². The van der Waals surface area contributed by atoms with Crippen molar-refractivity contribution < 1.29 is 18.3 Å². The van der Waals surface area contributed by atoms with Gasteiger partial charge in [-0.05, 0) is 18.6 Å². The van der Waals surface area contributed by atoms with Crippen LogP contribution in [-0.2, 0) is 4.74 Å². The van der Waals surface area contributed by atoms with Crippen LogP contribution in [0.2, 0.25) is 0 Å². The van der Waals surface area contributed by atoms with Crippen LogP contribution in [-0.4, -0.2) is 52.5 Å². The van der Waals surface area contributed by atoms with Crippen LogP contribution in [0.25, 0.3) is 5.65 Å². The molecule has 3 rings (SSSR count). The summed E-state index contributed by atoms with van der Waals surface area (Å²) in [5.41, 5.74) is 2.20. The lowest BCUT2D eigenvalue weighted by molar-refractivity contribution is -0.0648. The van der Waals surface area contributed by atoms with E-state index in [0.29, 0.717) is 5.69 Å². The predicted molar refractivity (Wildman–Crippen MR) is 76.3 cm³/mol. The monoisotopic (exact) mass is 310 g/mol. The van der Waals surface area contributed by atoms with Crippen molar-refractivity contribution in [2.24, 2.45) is 0 Å². The van der Waals surface area contributed by atoms with E-state index in [-0.39, 0.29) is 13.2 Å². The van der Waals surface area contributed by atoms with Crippen molar-refractivity contribution in [3.05, 3.63) is 30.2 Å². The van der Waals surface area contributed by atoms with Gasteiger partial charge in [0.1, 0.15) is 12.3 Å². The molecule has 8 heteroatoms. The Morgan fingerprint density at radius 3 is 3.14 bits per heavy atom. The number of aromatic nitrogens is 2. The number of rotatable bonds is 1. The summed E-state index contributed by atoms with van der Waals surface area (Å²) in [5, 5.41) is 2.65. The van der Waals surface area contributed by atoms with Crippen molar-refractivity contribution in [3.63, 3.8) is 0 Å². The van der Waals surface area contributed by atoms with Crippen LogP contribution in [0.15, 0.2) is 24.7 Å². The molecule has 2 aromatic rings. The third-order valence-corrected chi connectivity index (χ3v) is 3.45. The number of carbonyl (C=O) groups is 1. The second kappa shape index (κ2) is 5.53. The number of hydrogen-bond acceptors (Lipinski definition) is 3. The molecule has 1 saturated heterocycles. The second-order valence-corrected chi connectivity index (χ2v) is 5.33. The van der Waals surface area contributed by atoms with Crippen molar-refractivity contribution in [1.29, 1.82) is 0 Å². The van der Waals surface area contributed by atoms with Crippen molar-refractivity contribution in [3.8, 4) is 0 Å². The van der Waals surface area contributed by atoms with Crippen LogP contribution in [0.3, 0.4) is 0 Å². The first-order chi connectivity index (χ1) is 10.4. The number of hydrogen-bond donors (Lipinski definition) is 1. The highest BCUT2D eigenvalue weighted by Crippen LogP contribution is 2.20. The molecule has 22 heavy (non-hydrogen) atoms. The number of pyridine rings is 1. The van der Waals surface area contributed by atoms with Crippen LogP contribution < -0.4 is 5.32 Å². The molecule has 1 aliphatic heterocycles. The van der Waals surface area contributed by atoms with Gasteiger partial charge in [0, 0.05) is 25.1 Å². The smallest absolute Gasteiger partial charge is 0.322 e. The second-order valence-electron chi connectivity index (χ2n) is 5.33. The fraction of sp³-hybridized carbons (Fsp3) is 0.429. The van der Waals surface area contributed by atoms with Gasteiger partial charge < -0.3 is 19.4 Å². The summed E-state index contributed by atoms with van der Waals surface area (Å²) in [7, 11) is 0. The molecule has 6 nitrogen and oxygen atoms in total. The largest absolute Gasteiger partial charge is 0.373 e. The first kappa shape index (κ1) is 14.7. The first-order valence-electron chi connectivity index (χ1n) is 6.89. The van der Waals surface area contributed by atoms with Gasteiger partial charge in [-0.15, -0.1) is 0 Å². The van der Waals surface area contributed by atoms with E-state index in [2.05, 4.69) is 10.3 Å². The molecule has 0 unspecified atom stereocenters. The number of alkyl halides is 2. The summed E-state index contributed by atoms with van der Waals surface area (Å²) in [6.45, 7) is 0.796. The maximum absolute atomic E-state index is 13.5. The van der Waals surface area contributed by atoms with Gasteiger partial charge in [-0.2, -0.15) is 0 Å². The molecule has 0 radical (unpaired) electrons. The average Bonchev–Trinajstić information content (AvgIpc) is 2.83. The van der Waals surface area contributed by atoms with Crippen molar-refractivity contribution in [1.82, 2.24) is 14.3 Å². The summed E-state index contributed by atoms with van der Waals surface area (Å²) in [5.74, 6) is -3.03. The normalized spacial score (nSPS) is 18.2. The van der Waals surface area contributed by atoms with E-state index in [4.69, 9.17) is 4.74 Å². The van der Waals surface area contributed by atoms with E-state index < -0.39 is 25.1 Å². The maximum Gasteiger partial charge on any atom is 0.322 e. The molecule has 0 atom stereocenters. The lowest BCUT2D eigenvalue weighted by Gasteiger charge is -2.23. The van der Waals surface area contributed by atoms with Gasteiger partial charge in [0.25, 0.3) is 5.92 Å². The van der Waals surface area contributed by atoms with Crippen LogP contribution in [0.1, 0.15) is 5.56 Å². The number of imidazole rings is 1. The van der Waals surface area contributed by atoms with Gasteiger partial charge in [-0.3, -0.25) is 0 Å². The number of halogens is 2. The molecule has 2 amide bonds. The molecule has 3 heterocycles. The average molecular weight is 310 g/mol. The highest BCUT2D eigenvalue weighted by atomic mass is 19.3. The summed E-state index contributed by atoms with van der Waals surface area (Å²) >= 11 is 0. The van der Waals surface area contributed by atoms with Crippen LogP contribution in [0, 0.1) is 6.92 Å². The van der Waals surface area contributed by atoms with Gasteiger partial charge in [-0.25, -0.2) is 18.6 Å². The summed E-state index contributed by atoms with van der Waals surface area (Å²) in [6.07, 6.45) is 5.10. The summed E-state index contributed by atoms with van der Waals surface area (Å²) < 4.78 is 33.6. The Morgan fingerprint density at radius 1 is 1.50 bits per heavy atom. The zero-order chi connectivity index (χ0) is 15.7. The standard InChI is InChI=1S/C14H16F2N4O2/c1-10-6-11(7-19-3-2-17-12(10)19)18-13(21)20-4-5-22-9-14(15,16)8-20/h2-3,6-7H,4-5,8-9H2,1H3,(H,18,21). The highest BCUT2D eigenvalue weighted by molar-refractivity contribution is 5.89. The quantitative estimate of drug-likeness (QED) is 0.878. The van der Waals surface area contributed by atoms with E-state index in [1.807, 2.05) is 6.92 Å². The van der Waals surface area contributed by atoms with E-state index in [0.717, 1.165) is 16.1 Å². The molecule has 1 aliphatic rings. The fourth-order valence-corrected chi connectivity index (χ4v) is 2.45. The molecule has 118 valence electrons. The Balaban J connectivity index is 1.77. The number of ether oxygens (including phenoxy) is 1. The third kappa shape index (κ3) is 3.01. The van der Waals surface area contributed by atoms with E-state index in [1.165, 1.54) is 0 Å².